The number of nitrogens with zero attached hydrogens (tertiary/aromatic N) is 2. The molecule has 0 aliphatic carbocycles. The van der Waals surface area contributed by atoms with E-state index in [2.05, 4.69) is 4.98 Å². The molecule has 2 N–H and O–H groups in total. The molecule has 3 aromatic rings. The van der Waals surface area contributed by atoms with E-state index in [0.717, 1.165) is 34.6 Å². The van der Waals surface area contributed by atoms with E-state index >= 15 is 0 Å². The van der Waals surface area contributed by atoms with Crippen LogP contribution >= 0.6 is 23.1 Å². The van der Waals surface area contributed by atoms with Gasteiger partial charge in [0.1, 0.15) is 10.6 Å². The molecule has 31 heavy (non-hydrogen) atoms. The number of pyridine rings is 1. The lowest BCUT2D eigenvalue weighted by molar-refractivity contribution is -0.141. The topological polar surface area (TPSA) is 59.2 Å². The second-order valence-electron chi connectivity index (χ2n) is 6.39. The molecule has 0 fully saturated rings. The number of alkyl halides is 6. The van der Waals surface area contributed by atoms with Gasteiger partial charge in [0.15, 0.2) is 0 Å². The van der Waals surface area contributed by atoms with E-state index in [1.807, 2.05) is 6.92 Å². The Kier molecular flexibility index (Phi) is 6.16. The first-order valence-corrected chi connectivity index (χ1v) is 10.5. The van der Waals surface area contributed by atoms with E-state index < -0.39 is 29.5 Å². The van der Waals surface area contributed by atoms with Crippen molar-refractivity contribution in [1.82, 2.24) is 4.98 Å². The number of carbonyl (C=O) groups is 1. The fraction of sp³-hybridized carbons (Fsp3) is 0.263. The van der Waals surface area contributed by atoms with Crippen LogP contribution in [0.25, 0.3) is 10.1 Å². The standard InChI is InChI=1S/C19H15F6N3OS2/c1-3-30-15-10-5-4-9(18(20,21)22)6-13(10)31-16(15)17(29)28(2)12-8-27-14(7-11(12)26)19(23,24)25/h4-8H,3H2,1-2H3,(H2,26,27). The van der Waals surface area contributed by atoms with Crippen molar-refractivity contribution >= 4 is 50.5 Å². The predicted octanol–water partition coefficient (Wildman–Crippen LogP) is 6.30. The number of anilines is 2. The Balaban J connectivity index is 2.05. The smallest absolute Gasteiger partial charge is 0.397 e. The van der Waals surface area contributed by atoms with Crippen LogP contribution in [0.15, 0.2) is 35.4 Å². The molecule has 0 spiro atoms. The van der Waals surface area contributed by atoms with E-state index in [0.29, 0.717) is 22.1 Å². The van der Waals surface area contributed by atoms with Crippen LogP contribution in [0.2, 0.25) is 0 Å². The number of amides is 1. The van der Waals surface area contributed by atoms with Gasteiger partial charge >= 0.3 is 12.4 Å². The van der Waals surface area contributed by atoms with Gasteiger partial charge in [-0.15, -0.1) is 23.1 Å². The van der Waals surface area contributed by atoms with Crippen molar-refractivity contribution in [3.05, 3.63) is 46.6 Å². The molecule has 4 nitrogen and oxygen atoms in total. The van der Waals surface area contributed by atoms with Crippen LogP contribution in [-0.2, 0) is 12.4 Å². The highest BCUT2D eigenvalue weighted by molar-refractivity contribution is 7.99. The Hall–Kier alpha value is -2.47. The van der Waals surface area contributed by atoms with E-state index in [1.165, 1.54) is 24.9 Å². The second kappa shape index (κ2) is 8.23. The van der Waals surface area contributed by atoms with Gasteiger partial charge in [-0.25, -0.2) is 4.98 Å². The van der Waals surface area contributed by atoms with Crippen molar-refractivity contribution in [2.24, 2.45) is 0 Å². The van der Waals surface area contributed by atoms with Crippen LogP contribution in [0.5, 0.6) is 0 Å². The summed E-state index contributed by atoms with van der Waals surface area (Å²) in [5.41, 5.74) is 3.34. The third kappa shape index (κ3) is 4.59. The third-order valence-corrected chi connectivity index (χ3v) is 6.60. The number of fused-ring (bicyclic) bond motifs is 1. The van der Waals surface area contributed by atoms with Crippen LogP contribution in [0.3, 0.4) is 0 Å². The molecule has 0 unspecified atom stereocenters. The minimum absolute atomic E-state index is 0.0427. The summed E-state index contributed by atoms with van der Waals surface area (Å²) in [7, 11) is 1.31. The molecule has 2 heterocycles. The first-order chi connectivity index (χ1) is 14.3. The molecule has 0 atom stereocenters. The largest absolute Gasteiger partial charge is 0.433 e. The summed E-state index contributed by atoms with van der Waals surface area (Å²) in [6, 6.07) is 3.87. The summed E-state index contributed by atoms with van der Waals surface area (Å²) >= 11 is 2.17. The van der Waals surface area contributed by atoms with Gasteiger partial charge < -0.3 is 10.6 Å². The van der Waals surface area contributed by atoms with Gasteiger partial charge in [0.2, 0.25) is 0 Å². The number of halogens is 6. The number of hydrogen-bond donors (Lipinski definition) is 1. The zero-order valence-corrected chi connectivity index (χ0v) is 17.7. The van der Waals surface area contributed by atoms with Gasteiger partial charge in [0.05, 0.1) is 23.1 Å². The summed E-state index contributed by atoms with van der Waals surface area (Å²) in [6.07, 6.45) is -8.38. The third-order valence-electron chi connectivity index (χ3n) is 4.33. The normalized spacial score (nSPS) is 12.4. The maximum atomic E-state index is 13.1. The number of nitrogen functional groups attached to an aromatic ring is 1. The molecule has 1 amide bonds. The molecule has 0 radical (unpaired) electrons. The molecule has 3 rings (SSSR count). The highest BCUT2D eigenvalue weighted by Gasteiger charge is 2.34. The molecule has 0 saturated carbocycles. The van der Waals surface area contributed by atoms with Crippen LogP contribution in [0.1, 0.15) is 27.9 Å². The first-order valence-electron chi connectivity index (χ1n) is 8.72. The Labute approximate surface area is 181 Å². The molecule has 0 aliphatic heterocycles. The van der Waals surface area contributed by atoms with E-state index in [9.17, 15) is 31.1 Å². The number of hydrogen-bond acceptors (Lipinski definition) is 5. The van der Waals surface area contributed by atoms with Gasteiger partial charge in [-0.2, -0.15) is 26.3 Å². The number of thiophene rings is 1. The zero-order chi connectivity index (χ0) is 23.1. The molecule has 12 heteroatoms. The molecular formula is C19H15F6N3OS2. The van der Waals surface area contributed by atoms with Crippen molar-refractivity contribution < 1.29 is 31.1 Å². The Morgan fingerprint density at radius 3 is 2.39 bits per heavy atom. The van der Waals surface area contributed by atoms with Crippen molar-refractivity contribution in [1.29, 1.82) is 0 Å². The SMILES string of the molecule is CCSc1c(C(=O)N(C)c2cnc(C(F)(F)F)cc2N)sc2cc(C(F)(F)F)ccc12. The van der Waals surface area contributed by atoms with Crippen molar-refractivity contribution in [3.8, 4) is 0 Å². The molecule has 0 aliphatic rings. The Morgan fingerprint density at radius 2 is 1.84 bits per heavy atom. The van der Waals surface area contributed by atoms with Gasteiger partial charge in [0.25, 0.3) is 5.91 Å². The minimum atomic E-state index is -4.69. The van der Waals surface area contributed by atoms with E-state index in [-0.39, 0.29) is 21.0 Å². The van der Waals surface area contributed by atoms with E-state index in [1.54, 1.807) is 0 Å². The number of nitrogens with two attached hydrogens (primary N) is 1. The maximum absolute atomic E-state index is 13.1. The second-order valence-corrected chi connectivity index (χ2v) is 8.72. The number of benzene rings is 1. The first kappa shape index (κ1) is 23.2. The zero-order valence-electron chi connectivity index (χ0n) is 16.1. The number of aromatic nitrogens is 1. The lowest BCUT2D eigenvalue weighted by Crippen LogP contribution is -2.27. The summed E-state index contributed by atoms with van der Waals surface area (Å²) in [4.78, 5) is 18.2. The lowest BCUT2D eigenvalue weighted by Gasteiger charge is -2.19. The molecule has 166 valence electrons. The van der Waals surface area contributed by atoms with Crippen molar-refractivity contribution in [3.63, 3.8) is 0 Å². The highest BCUT2D eigenvalue weighted by atomic mass is 32.2. The minimum Gasteiger partial charge on any atom is -0.397 e. The summed E-state index contributed by atoms with van der Waals surface area (Å²) in [5.74, 6) is -0.0557. The summed E-state index contributed by atoms with van der Waals surface area (Å²) < 4.78 is 77.9. The van der Waals surface area contributed by atoms with E-state index in [4.69, 9.17) is 5.73 Å². The summed E-state index contributed by atoms with van der Waals surface area (Å²) in [6.45, 7) is 1.83. The summed E-state index contributed by atoms with van der Waals surface area (Å²) in [5, 5.41) is 0.500. The van der Waals surface area contributed by atoms with Gasteiger partial charge in [-0.1, -0.05) is 13.0 Å². The van der Waals surface area contributed by atoms with Crippen LogP contribution in [-0.4, -0.2) is 23.7 Å². The number of rotatable bonds is 4. The Morgan fingerprint density at radius 1 is 1.16 bits per heavy atom. The van der Waals surface area contributed by atoms with Gasteiger partial charge in [-0.05, 0) is 24.0 Å². The average Bonchev–Trinajstić information content (AvgIpc) is 3.03. The highest BCUT2D eigenvalue weighted by Crippen LogP contribution is 2.42. The lowest BCUT2D eigenvalue weighted by atomic mass is 10.1. The quantitative estimate of drug-likeness (QED) is 0.352. The molecule has 0 saturated heterocycles. The molecule has 2 aromatic heterocycles. The van der Waals surface area contributed by atoms with Crippen LogP contribution < -0.4 is 10.6 Å². The molecule has 0 bridgehead atoms. The predicted molar refractivity (Wildman–Crippen MR) is 110 cm³/mol. The average molecular weight is 479 g/mol. The number of carbonyl (C=O) groups excluding carboxylic acids is 1. The Bertz CT molecular complexity index is 1140. The van der Waals surface area contributed by atoms with Crippen molar-refractivity contribution in [2.45, 2.75) is 24.2 Å². The molecular weight excluding hydrogens is 464 g/mol. The van der Waals surface area contributed by atoms with Gasteiger partial charge in [0, 0.05) is 22.0 Å². The number of thioether (sulfide) groups is 1. The maximum Gasteiger partial charge on any atom is 0.433 e. The fourth-order valence-electron chi connectivity index (χ4n) is 2.84. The van der Waals surface area contributed by atoms with Crippen molar-refractivity contribution in [2.75, 3.05) is 23.4 Å². The monoisotopic (exact) mass is 479 g/mol. The molecule has 1 aromatic carbocycles. The van der Waals surface area contributed by atoms with Crippen LogP contribution in [0, 0.1) is 0 Å². The van der Waals surface area contributed by atoms with Gasteiger partial charge in [-0.3, -0.25) is 4.79 Å². The fourth-order valence-corrected chi connectivity index (χ4v) is 5.16. The van der Waals surface area contributed by atoms with Crippen LogP contribution in [0.4, 0.5) is 37.7 Å².